The molecule has 0 bridgehead atoms. The van der Waals surface area contributed by atoms with E-state index < -0.39 is 0 Å². The number of hydrogen-bond donors (Lipinski definition) is 0. The molecule has 1 aliphatic heterocycles. The van der Waals surface area contributed by atoms with E-state index in [9.17, 15) is 14.4 Å². The number of ether oxygens (including phenoxy) is 1. The molecule has 0 saturated carbocycles. The lowest BCUT2D eigenvalue weighted by atomic mass is 10.1. The minimum Gasteiger partial charge on any atom is -0.497 e. The first-order chi connectivity index (χ1) is 16.0. The van der Waals surface area contributed by atoms with Gasteiger partial charge >= 0.3 is 0 Å². The second-order valence-electron chi connectivity index (χ2n) is 8.20. The molecule has 2 heterocycles. The van der Waals surface area contributed by atoms with E-state index in [1.165, 1.54) is 4.68 Å². The van der Waals surface area contributed by atoms with E-state index in [1.807, 2.05) is 43.3 Å². The van der Waals surface area contributed by atoms with Crippen molar-refractivity contribution in [1.82, 2.24) is 19.6 Å². The van der Waals surface area contributed by atoms with E-state index in [0.29, 0.717) is 50.1 Å². The van der Waals surface area contributed by atoms with Crippen molar-refractivity contribution in [2.75, 3.05) is 33.3 Å². The van der Waals surface area contributed by atoms with Gasteiger partial charge in [-0.3, -0.25) is 14.4 Å². The maximum absolute atomic E-state index is 12.8. The van der Waals surface area contributed by atoms with Crippen molar-refractivity contribution in [1.29, 1.82) is 0 Å². The number of aryl methyl sites for hydroxylation is 2. The molecule has 3 aromatic rings. The van der Waals surface area contributed by atoms with Gasteiger partial charge in [-0.1, -0.05) is 30.3 Å². The van der Waals surface area contributed by atoms with E-state index in [1.54, 1.807) is 29.0 Å². The van der Waals surface area contributed by atoms with Crippen LogP contribution in [0.2, 0.25) is 0 Å². The Morgan fingerprint density at radius 2 is 1.52 bits per heavy atom. The highest BCUT2D eigenvalue weighted by atomic mass is 16.5. The molecule has 1 aliphatic rings. The molecule has 1 saturated heterocycles. The third-order valence-corrected chi connectivity index (χ3v) is 6.11. The van der Waals surface area contributed by atoms with Crippen LogP contribution in [0.15, 0.2) is 53.3 Å². The van der Waals surface area contributed by atoms with E-state index in [0.717, 1.165) is 16.7 Å². The molecule has 172 valence electrons. The van der Waals surface area contributed by atoms with Crippen molar-refractivity contribution in [2.24, 2.45) is 0 Å². The first kappa shape index (κ1) is 22.5. The van der Waals surface area contributed by atoms with Gasteiger partial charge in [-0.05, 0) is 37.1 Å². The van der Waals surface area contributed by atoms with Gasteiger partial charge in [-0.2, -0.15) is 5.10 Å². The lowest BCUT2D eigenvalue weighted by Crippen LogP contribution is -2.51. The molecular formula is C25H28N4O4. The molecule has 0 radical (unpaired) electrons. The number of amides is 2. The first-order valence-electron chi connectivity index (χ1n) is 11.1. The molecule has 4 rings (SSSR count). The predicted octanol–water partition coefficient (Wildman–Crippen LogP) is 2.02. The van der Waals surface area contributed by atoms with Gasteiger partial charge in [0.05, 0.1) is 18.2 Å². The number of rotatable bonds is 6. The van der Waals surface area contributed by atoms with Crippen LogP contribution < -0.4 is 10.3 Å². The molecule has 1 aromatic heterocycles. The standard InChI is InChI=1S/C25H28N4O4/c1-18-21-5-3-4-6-22(21)25(32)29(26-18)17-24(31)28-15-13-27(14-16-28)23(30)12-9-19-7-10-20(33-2)11-8-19/h3-8,10-11H,9,12-17H2,1-2H3. The van der Waals surface area contributed by atoms with Crippen LogP contribution in [0.3, 0.4) is 0 Å². The summed E-state index contributed by atoms with van der Waals surface area (Å²) in [6.07, 6.45) is 1.09. The molecule has 0 spiro atoms. The third-order valence-electron chi connectivity index (χ3n) is 6.11. The monoisotopic (exact) mass is 448 g/mol. The number of carbonyl (C=O) groups is 2. The highest BCUT2D eigenvalue weighted by molar-refractivity contribution is 5.84. The molecule has 1 fully saturated rings. The summed E-state index contributed by atoms with van der Waals surface area (Å²) in [4.78, 5) is 41.7. The minimum atomic E-state index is -0.267. The summed E-state index contributed by atoms with van der Waals surface area (Å²) in [5, 5.41) is 5.69. The minimum absolute atomic E-state index is 0.0842. The fourth-order valence-electron chi connectivity index (χ4n) is 4.15. The van der Waals surface area contributed by atoms with Crippen molar-refractivity contribution < 1.29 is 14.3 Å². The van der Waals surface area contributed by atoms with Crippen LogP contribution in [-0.4, -0.2) is 64.7 Å². The SMILES string of the molecule is COc1ccc(CCC(=O)N2CCN(C(=O)Cn3nc(C)c4ccccc4c3=O)CC2)cc1. The number of fused-ring (bicyclic) bond motifs is 1. The zero-order chi connectivity index (χ0) is 23.4. The number of aromatic nitrogens is 2. The fraction of sp³-hybridized carbons (Fsp3) is 0.360. The van der Waals surface area contributed by atoms with Crippen LogP contribution in [-0.2, 0) is 22.6 Å². The average Bonchev–Trinajstić information content (AvgIpc) is 2.86. The van der Waals surface area contributed by atoms with Crippen LogP contribution in [0.5, 0.6) is 5.75 Å². The lowest BCUT2D eigenvalue weighted by molar-refractivity contribution is -0.140. The highest BCUT2D eigenvalue weighted by Crippen LogP contribution is 2.14. The second kappa shape index (κ2) is 9.85. The molecule has 2 amide bonds. The summed E-state index contributed by atoms with van der Waals surface area (Å²) < 4.78 is 6.40. The topological polar surface area (TPSA) is 84.7 Å². The summed E-state index contributed by atoms with van der Waals surface area (Å²) in [5.74, 6) is 0.716. The van der Waals surface area contributed by atoms with Crippen LogP contribution in [0, 0.1) is 6.92 Å². The molecule has 33 heavy (non-hydrogen) atoms. The molecular weight excluding hydrogens is 420 g/mol. The van der Waals surface area contributed by atoms with Crippen LogP contribution in [0.1, 0.15) is 17.7 Å². The Morgan fingerprint density at radius 1 is 0.909 bits per heavy atom. The Kier molecular flexibility index (Phi) is 6.72. The van der Waals surface area contributed by atoms with Gasteiger partial charge in [0.25, 0.3) is 5.56 Å². The average molecular weight is 449 g/mol. The van der Waals surface area contributed by atoms with Crippen molar-refractivity contribution in [3.8, 4) is 5.75 Å². The molecule has 8 heteroatoms. The summed E-state index contributed by atoms with van der Waals surface area (Å²) >= 11 is 0. The van der Waals surface area contributed by atoms with Gasteiger partial charge in [0.2, 0.25) is 11.8 Å². The summed E-state index contributed by atoms with van der Waals surface area (Å²) in [6, 6.07) is 15.0. The normalized spacial score (nSPS) is 13.9. The van der Waals surface area contributed by atoms with Crippen molar-refractivity contribution in [3.63, 3.8) is 0 Å². The maximum atomic E-state index is 12.8. The van der Waals surface area contributed by atoms with E-state index in [2.05, 4.69) is 5.10 Å². The molecule has 8 nitrogen and oxygen atoms in total. The second-order valence-corrected chi connectivity index (χ2v) is 8.20. The van der Waals surface area contributed by atoms with Gasteiger partial charge in [-0.25, -0.2) is 4.68 Å². The molecule has 0 atom stereocenters. The first-order valence-corrected chi connectivity index (χ1v) is 11.1. The van der Waals surface area contributed by atoms with Crippen molar-refractivity contribution >= 4 is 22.6 Å². The number of carbonyl (C=O) groups excluding carboxylic acids is 2. The van der Waals surface area contributed by atoms with Crippen molar-refractivity contribution in [2.45, 2.75) is 26.3 Å². The van der Waals surface area contributed by atoms with E-state index >= 15 is 0 Å². The Hall–Kier alpha value is -3.68. The molecule has 0 aliphatic carbocycles. The van der Waals surface area contributed by atoms with Gasteiger partial charge in [-0.15, -0.1) is 0 Å². The number of nitrogens with zero attached hydrogens (tertiary/aromatic N) is 4. The highest BCUT2D eigenvalue weighted by Gasteiger charge is 2.24. The number of methoxy groups -OCH3 is 1. The number of piperazine rings is 1. The Bertz CT molecular complexity index is 1210. The van der Waals surface area contributed by atoms with Crippen LogP contribution >= 0.6 is 0 Å². The van der Waals surface area contributed by atoms with Crippen molar-refractivity contribution in [3.05, 3.63) is 70.1 Å². The van der Waals surface area contributed by atoms with Gasteiger partial charge < -0.3 is 14.5 Å². The van der Waals surface area contributed by atoms with Crippen LogP contribution in [0.4, 0.5) is 0 Å². The molecule has 0 unspecified atom stereocenters. The fourth-order valence-corrected chi connectivity index (χ4v) is 4.15. The smallest absolute Gasteiger partial charge is 0.275 e. The van der Waals surface area contributed by atoms with Gasteiger partial charge in [0.1, 0.15) is 12.3 Å². The molecule has 0 N–H and O–H groups in total. The Labute approximate surface area is 192 Å². The Morgan fingerprint density at radius 3 is 2.15 bits per heavy atom. The lowest BCUT2D eigenvalue weighted by Gasteiger charge is -2.35. The summed E-state index contributed by atoms with van der Waals surface area (Å²) in [7, 11) is 1.63. The molecule has 2 aromatic carbocycles. The van der Waals surface area contributed by atoms with E-state index in [-0.39, 0.29) is 23.9 Å². The predicted molar refractivity (Wildman–Crippen MR) is 125 cm³/mol. The number of hydrogen-bond acceptors (Lipinski definition) is 5. The summed E-state index contributed by atoms with van der Waals surface area (Å²) in [6.45, 7) is 3.62. The van der Waals surface area contributed by atoms with E-state index in [4.69, 9.17) is 4.74 Å². The zero-order valence-corrected chi connectivity index (χ0v) is 19.0. The largest absolute Gasteiger partial charge is 0.497 e. The Balaban J connectivity index is 1.31. The zero-order valence-electron chi connectivity index (χ0n) is 19.0. The maximum Gasteiger partial charge on any atom is 0.275 e. The summed E-state index contributed by atoms with van der Waals surface area (Å²) in [5.41, 5.74) is 1.53. The quantitative estimate of drug-likeness (QED) is 0.576. The number of benzene rings is 2. The third kappa shape index (κ3) is 5.05. The van der Waals surface area contributed by atoms with Crippen LogP contribution in [0.25, 0.3) is 10.8 Å². The van der Waals surface area contributed by atoms with Gasteiger partial charge in [0, 0.05) is 38.0 Å². The van der Waals surface area contributed by atoms with Gasteiger partial charge in [0.15, 0.2) is 0 Å².